The van der Waals surface area contributed by atoms with Crippen molar-refractivity contribution < 1.29 is 4.74 Å². The van der Waals surface area contributed by atoms with Crippen LogP contribution in [0.15, 0.2) is 0 Å². The van der Waals surface area contributed by atoms with Crippen LogP contribution in [0, 0.1) is 0 Å². The third kappa shape index (κ3) is 7.02. The fourth-order valence-electron chi connectivity index (χ4n) is 2.28. The summed E-state index contributed by atoms with van der Waals surface area (Å²) >= 11 is 0. The van der Waals surface area contributed by atoms with E-state index in [-0.39, 0.29) is 0 Å². The Morgan fingerprint density at radius 3 is 2.88 bits per heavy atom. The lowest BCUT2D eigenvalue weighted by atomic mass is 10.1. The molecule has 0 aromatic heterocycles. The number of ether oxygens (including phenoxy) is 1. The van der Waals surface area contributed by atoms with Crippen molar-refractivity contribution in [2.75, 3.05) is 39.4 Å². The molecule has 0 aromatic carbocycles. The molecule has 1 unspecified atom stereocenters. The van der Waals surface area contributed by atoms with Crippen LogP contribution < -0.4 is 5.32 Å². The largest absolute Gasteiger partial charge is 0.380 e. The minimum Gasteiger partial charge on any atom is -0.380 e. The molecule has 17 heavy (non-hydrogen) atoms. The van der Waals surface area contributed by atoms with E-state index >= 15 is 0 Å². The van der Waals surface area contributed by atoms with Crippen molar-refractivity contribution in [3.05, 3.63) is 0 Å². The van der Waals surface area contributed by atoms with Crippen LogP contribution in [0.2, 0.25) is 0 Å². The topological polar surface area (TPSA) is 24.5 Å². The standard InChI is InChI=1S/C14H30N2O/c1-3-5-12-17-13-11-16-9-6-8-15-14(4-2)7-10-16/h14-15H,3-13H2,1-2H3. The van der Waals surface area contributed by atoms with Crippen molar-refractivity contribution in [1.82, 2.24) is 10.2 Å². The summed E-state index contributed by atoms with van der Waals surface area (Å²) in [4.78, 5) is 2.56. The Balaban J connectivity index is 2.09. The quantitative estimate of drug-likeness (QED) is 0.693. The van der Waals surface area contributed by atoms with Crippen LogP contribution in [0.5, 0.6) is 0 Å². The predicted octanol–water partition coefficient (Wildman–Crippen LogP) is 2.27. The first kappa shape index (κ1) is 14.9. The maximum atomic E-state index is 5.64. The van der Waals surface area contributed by atoms with Crippen LogP contribution in [0.1, 0.15) is 46.0 Å². The molecule has 0 amide bonds. The van der Waals surface area contributed by atoms with Crippen LogP contribution in [0.4, 0.5) is 0 Å². The van der Waals surface area contributed by atoms with Gasteiger partial charge in [0.2, 0.25) is 0 Å². The Hall–Kier alpha value is -0.120. The van der Waals surface area contributed by atoms with E-state index in [0.717, 1.165) is 25.8 Å². The lowest BCUT2D eigenvalue weighted by Crippen LogP contribution is -2.40. The van der Waals surface area contributed by atoms with Gasteiger partial charge in [0.05, 0.1) is 6.61 Å². The van der Waals surface area contributed by atoms with Crippen molar-refractivity contribution in [2.24, 2.45) is 0 Å². The fraction of sp³-hybridized carbons (Fsp3) is 1.00. The molecular formula is C14H30N2O. The zero-order chi connectivity index (χ0) is 12.3. The third-order valence-corrected chi connectivity index (χ3v) is 3.56. The molecule has 0 radical (unpaired) electrons. The molecule has 1 saturated heterocycles. The zero-order valence-corrected chi connectivity index (χ0v) is 11.7. The molecule has 1 fully saturated rings. The van der Waals surface area contributed by atoms with Crippen molar-refractivity contribution in [3.8, 4) is 0 Å². The molecule has 3 heteroatoms. The lowest BCUT2D eigenvalue weighted by molar-refractivity contribution is 0.0970. The highest BCUT2D eigenvalue weighted by atomic mass is 16.5. The molecule has 1 aliphatic rings. The van der Waals surface area contributed by atoms with Gasteiger partial charge in [0, 0.05) is 19.2 Å². The van der Waals surface area contributed by atoms with Gasteiger partial charge in [-0.2, -0.15) is 0 Å². The maximum absolute atomic E-state index is 5.64. The summed E-state index contributed by atoms with van der Waals surface area (Å²) in [6, 6.07) is 0.721. The highest BCUT2D eigenvalue weighted by molar-refractivity contribution is 4.72. The van der Waals surface area contributed by atoms with E-state index in [1.165, 1.54) is 51.7 Å². The SMILES string of the molecule is CCCCOCCN1CCCNC(CC)CC1. The van der Waals surface area contributed by atoms with Crippen molar-refractivity contribution >= 4 is 0 Å². The van der Waals surface area contributed by atoms with Crippen molar-refractivity contribution in [2.45, 2.75) is 52.0 Å². The molecule has 0 bridgehead atoms. The molecule has 1 heterocycles. The number of nitrogens with one attached hydrogen (secondary N) is 1. The third-order valence-electron chi connectivity index (χ3n) is 3.56. The van der Waals surface area contributed by atoms with Gasteiger partial charge >= 0.3 is 0 Å². The maximum Gasteiger partial charge on any atom is 0.0593 e. The van der Waals surface area contributed by atoms with Gasteiger partial charge in [-0.15, -0.1) is 0 Å². The minimum absolute atomic E-state index is 0.721. The van der Waals surface area contributed by atoms with Gasteiger partial charge in [0.1, 0.15) is 0 Å². The van der Waals surface area contributed by atoms with Crippen LogP contribution in [-0.2, 0) is 4.74 Å². The number of nitrogens with zero attached hydrogens (tertiary/aromatic N) is 1. The minimum atomic E-state index is 0.721. The normalized spacial score (nSPS) is 23.3. The van der Waals surface area contributed by atoms with Crippen LogP contribution in [-0.4, -0.2) is 50.3 Å². The monoisotopic (exact) mass is 242 g/mol. The summed E-state index contributed by atoms with van der Waals surface area (Å²) in [6.45, 7) is 11.1. The van der Waals surface area contributed by atoms with E-state index in [4.69, 9.17) is 4.74 Å². The average molecular weight is 242 g/mol. The zero-order valence-electron chi connectivity index (χ0n) is 11.7. The Kier molecular flexibility index (Phi) is 8.67. The fourth-order valence-corrected chi connectivity index (χ4v) is 2.28. The smallest absolute Gasteiger partial charge is 0.0593 e. The van der Waals surface area contributed by atoms with Crippen LogP contribution in [0.25, 0.3) is 0 Å². The van der Waals surface area contributed by atoms with E-state index in [0.29, 0.717) is 0 Å². The second-order valence-corrected chi connectivity index (χ2v) is 5.01. The summed E-state index contributed by atoms with van der Waals surface area (Å²) in [5.41, 5.74) is 0. The molecule has 102 valence electrons. The van der Waals surface area contributed by atoms with Crippen molar-refractivity contribution in [1.29, 1.82) is 0 Å². The number of unbranched alkanes of at least 4 members (excludes halogenated alkanes) is 1. The van der Waals surface area contributed by atoms with E-state index in [1.54, 1.807) is 0 Å². The average Bonchev–Trinajstić information content (AvgIpc) is 2.32. The molecule has 1 atom stereocenters. The summed E-state index contributed by atoms with van der Waals surface area (Å²) in [6.07, 6.45) is 6.23. The van der Waals surface area contributed by atoms with Crippen LogP contribution >= 0.6 is 0 Å². The van der Waals surface area contributed by atoms with Gasteiger partial charge in [-0.3, -0.25) is 0 Å². The van der Waals surface area contributed by atoms with Gasteiger partial charge in [-0.25, -0.2) is 0 Å². The van der Waals surface area contributed by atoms with Gasteiger partial charge < -0.3 is 15.0 Å². The molecule has 0 saturated carbocycles. The van der Waals surface area contributed by atoms with Gasteiger partial charge in [0.25, 0.3) is 0 Å². The summed E-state index contributed by atoms with van der Waals surface area (Å²) in [5, 5.41) is 3.62. The predicted molar refractivity (Wildman–Crippen MR) is 73.5 cm³/mol. The van der Waals surface area contributed by atoms with Crippen LogP contribution in [0.3, 0.4) is 0 Å². The van der Waals surface area contributed by atoms with Gasteiger partial charge in [-0.05, 0) is 45.3 Å². The molecule has 0 aromatic rings. The van der Waals surface area contributed by atoms with E-state index in [9.17, 15) is 0 Å². The number of hydrogen-bond acceptors (Lipinski definition) is 3. The number of hydrogen-bond donors (Lipinski definition) is 1. The molecule has 1 rings (SSSR count). The Morgan fingerprint density at radius 1 is 1.24 bits per heavy atom. The summed E-state index contributed by atoms with van der Waals surface area (Å²) in [7, 11) is 0. The Morgan fingerprint density at radius 2 is 2.12 bits per heavy atom. The Labute approximate surface area is 107 Å². The summed E-state index contributed by atoms with van der Waals surface area (Å²) in [5.74, 6) is 0. The molecule has 1 aliphatic heterocycles. The molecule has 1 N–H and O–H groups in total. The first-order valence-corrected chi connectivity index (χ1v) is 7.40. The summed E-state index contributed by atoms with van der Waals surface area (Å²) < 4.78 is 5.64. The van der Waals surface area contributed by atoms with Gasteiger partial charge in [-0.1, -0.05) is 20.3 Å². The van der Waals surface area contributed by atoms with Crippen molar-refractivity contribution in [3.63, 3.8) is 0 Å². The lowest BCUT2D eigenvalue weighted by Gasteiger charge is -2.28. The van der Waals surface area contributed by atoms with Gasteiger partial charge in [0.15, 0.2) is 0 Å². The Bertz CT molecular complexity index is 176. The highest BCUT2D eigenvalue weighted by Gasteiger charge is 2.12. The highest BCUT2D eigenvalue weighted by Crippen LogP contribution is 2.05. The second kappa shape index (κ2) is 9.86. The first-order chi connectivity index (χ1) is 8.36. The van der Waals surface area contributed by atoms with E-state index in [2.05, 4.69) is 24.1 Å². The molecule has 3 nitrogen and oxygen atoms in total. The van der Waals surface area contributed by atoms with E-state index < -0.39 is 0 Å². The number of rotatable bonds is 7. The first-order valence-electron chi connectivity index (χ1n) is 7.40. The molecular weight excluding hydrogens is 212 g/mol. The second-order valence-electron chi connectivity index (χ2n) is 5.01. The molecule has 0 spiro atoms. The molecule has 0 aliphatic carbocycles. The van der Waals surface area contributed by atoms with E-state index in [1.807, 2.05) is 0 Å².